The van der Waals surface area contributed by atoms with Crippen LogP contribution in [-0.2, 0) is 0 Å². The molecule has 2 rings (SSSR count). The van der Waals surface area contributed by atoms with Crippen LogP contribution >= 0.6 is 24.0 Å². The molecule has 1 aliphatic carbocycles. The zero-order valence-electron chi connectivity index (χ0n) is 9.36. The zero-order valence-corrected chi connectivity index (χ0v) is 10.9. The van der Waals surface area contributed by atoms with Crippen LogP contribution in [0, 0.1) is 5.92 Å². The maximum Gasteiger partial charge on any atom is 0.0453 e. The standard InChI is InChI=1S/C13H18ClN.ClH/c14-12-9-5-4-8-11(12)13(15)10-6-2-1-3-7-10;/h4-5,8-10,13H,1-3,6-7,15H2;1H/t13-;/m1./s1. The number of nitrogens with two attached hydrogens (primary N) is 1. The van der Waals surface area contributed by atoms with Gasteiger partial charge < -0.3 is 5.73 Å². The lowest BCUT2D eigenvalue weighted by molar-refractivity contribution is 0.308. The second-order valence-electron chi connectivity index (χ2n) is 4.45. The molecule has 1 saturated carbocycles. The Kier molecular flexibility index (Phi) is 5.60. The number of hydrogen-bond acceptors (Lipinski definition) is 1. The van der Waals surface area contributed by atoms with Gasteiger partial charge in [0, 0.05) is 11.1 Å². The Morgan fingerprint density at radius 3 is 2.38 bits per heavy atom. The fraction of sp³-hybridized carbons (Fsp3) is 0.538. The van der Waals surface area contributed by atoms with Crippen LogP contribution < -0.4 is 5.73 Å². The lowest BCUT2D eigenvalue weighted by atomic mass is 9.81. The molecule has 0 unspecified atom stereocenters. The molecular formula is C13H19Cl2N. The van der Waals surface area contributed by atoms with E-state index in [2.05, 4.69) is 6.07 Å². The summed E-state index contributed by atoms with van der Waals surface area (Å²) in [5.74, 6) is 0.624. The van der Waals surface area contributed by atoms with E-state index in [1.165, 1.54) is 32.1 Å². The third-order valence-corrected chi connectivity index (χ3v) is 3.77. The molecule has 1 fully saturated rings. The van der Waals surface area contributed by atoms with Gasteiger partial charge in [-0.05, 0) is 30.4 Å². The lowest BCUT2D eigenvalue weighted by Gasteiger charge is -2.28. The predicted molar refractivity (Wildman–Crippen MR) is 72.2 cm³/mol. The highest BCUT2D eigenvalue weighted by Crippen LogP contribution is 2.35. The first kappa shape index (κ1) is 13.8. The zero-order chi connectivity index (χ0) is 10.7. The SMILES string of the molecule is Cl.N[C@@H](c1ccccc1Cl)C1CCCCC1. The van der Waals surface area contributed by atoms with E-state index in [0.29, 0.717) is 5.92 Å². The largest absolute Gasteiger partial charge is 0.324 e. The summed E-state index contributed by atoms with van der Waals surface area (Å²) in [4.78, 5) is 0. The van der Waals surface area contributed by atoms with Crippen LogP contribution in [0.15, 0.2) is 24.3 Å². The molecule has 16 heavy (non-hydrogen) atoms. The van der Waals surface area contributed by atoms with Crippen molar-refractivity contribution in [2.75, 3.05) is 0 Å². The molecule has 3 heteroatoms. The molecule has 1 aromatic rings. The number of benzene rings is 1. The molecule has 1 aromatic carbocycles. The first-order chi connectivity index (χ1) is 7.29. The minimum absolute atomic E-state index is 0. The summed E-state index contributed by atoms with van der Waals surface area (Å²) in [6.45, 7) is 0. The van der Waals surface area contributed by atoms with Gasteiger partial charge >= 0.3 is 0 Å². The molecule has 0 aliphatic heterocycles. The minimum Gasteiger partial charge on any atom is -0.324 e. The highest BCUT2D eigenvalue weighted by Gasteiger charge is 2.22. The van der Waals surface area contributed by atoms with Crippen molar-refractivity contribution in [1.82, 2.24) is 0 Å². The molecule has 0 radical (unpaired) electrons. The molecule has 1 nitrogen and oxygen atoms in total. The summed E-state index contributed by atoms with van der Waals surface area (Å²) in [7, 11) is 0. The van der Waals surface area contributed by atoms with Gasteiger partial charge in [-0.1, -0.05) is 49.1 Å². The number of hydrogen-bond donors (Lipinski definition) is 1. The molecule has 1 atom stereocenters. The van der Waals surface area contributed by atoms with E-state index in [0.717, 1.165) is 10.6 Å². The second kappa shape index (κ2) is 6.48. The van der Waals surface area contributed by atoms with Gasteiger partial charge in [0.2, 0.25) is 0 Å². The van der Waals surface area contributed by atoms with Crippen LogP contribution in [0.5, 0.6) is 0 Å². The highest BCUT2D eigenvalue weighted by molar-refractivity contribution is 6.31. The molecule has 0 saturated heterocycles. The van der Waals surface area contributed by atoms with Crippen LogP contribution in [-0.4, -0.2) is 0 Å². The van der Waals surface area contributed by atoms with E-state index in [4.69, 9.17) is 17.3 Å². The first-order valence-corrected chi connectivity index (χ1v) is 6.17. The minimum atomic E-state index is 0. The molecule has 0 heterocycles. The number of halogens is 2. The average Bonchev–Trinajstić information content (AvgIpc) is 2.30. The topological polar surface area (TPSA) is 26.0 Å². The van der Waals surface area contributed by atoms with Gasteiger partial charge in [-0.3, -0.25) is 0 Å². The van der Waals surface area contributed by atoms with E-state index in [-0.39, 0.29) is 18.4 Å². The van der Waals surface area contributed by atoms with Crippen LogP contribution in [0.1, 0.15) is 43.7 Å². The summed E-state index contributed by atoms with van der Waals surface area (Å²) < 4.78 is 0. The van der Waals surface area contributed by atoms with Gasteiger partial charge in [-0.15, -0.1) is 12.4 Å². The fourth-order valence-electron chi connectivity index (χ4n) is 2.49. The summed E-state index contributed by atoms with van der Waals surface area (Å²) in [6.07, 6.45) is 6.52. The van der Waals surface area contributed by atoms with Crippen molar-refractivity contribution in [3.63, 3.8) is 0 Å². The average molecular weight is 260 g/mol. The Labute approximate surface area is 109 Å². The Bertz CT molecular complexity index is 321. The molecule has 0 spiro atoms. The van der Waals surface area contributed by atoms with Crippen molar-refractivity contribution in [3.8, 4) is 0 Å². The van der Waals surface area contributed by atoms with Crippen molar-refractivity contribution in [2.24, 2.45) is 11.7 Å². The Morgan fingerprint density at radius 2 is 1.75 bits per heavy atom. The van der Waals surface area contributed by atoms with E-state index in [1.807, 2.05) is 18.2 Å². The van der Waals surface area contributed by atoms with Crippen LogP contribution in [0.2, 0.25) is 5.02 Å². The van der Waals surface area contributed by atoms with E-state index in [1.54, 1.807) is 0 Å². The van der Waals surface area contributed by atoms with E-state index >= 15 is 0 Å². The molecule has 0 amide bonds. The first-order valence-electron chi connectivity index (χ1n) is 5.79. The molecule has 0 aromatic heterocycles. The van der Waals surface area contributed by atoms with E-state index in [9.17, 15) is 0 Å². The Hall–Kier alpha value is -0.240. The molecule has 0 bridgehead atoms. The Morgan fingerprint density at radius 1 is 1.12 bits per heavy atom. The quantitative estimate of drug-likeness (QED) is 0.840. The van der Waals surface area contributed by atoms with Crippen LogP contribution in [0.3, 0.4) is 0 Å². The summed E-state index contributed by atoms with van der Waals surface area (Å²) in [6, 6.07) is 8.09. The van der Waals surface area contributed by atoms with Crippen LogP contribution in [0.25, 0.3) is 0 Å². The third kappa shape index (κ3) is 3.13. The maximum absolute atomic E-state index is 6.29. The summed E-state index contributed by atoms with van der Waals surface area (Å²) in [5, 5.41) is 0.815. The fourth-order valence-corrected chi connectivity index (χ4v) is 2.75. The van der Waals surface area contributed by atoms with Gasteiger partial charge in [0.15, 0.2) is 0 Å². The number of rotatable bonds is 2. The molecule has 2 N–H and O–H groups in total. The maximum atomic E-state index is 6.29. The van der Waals surface area contributed by atoms with Crippen molar-refractivity contribution in [1.29, 1.82) is 0 Å². The normalized spacial score (nSPS) is 18.9. The summed E-state index contributed by atoms with van der Waals surface area (Å²) in [5.41, 5.74) is 7.40. The van der Waals surface area contributed by atoms with Crippen LogP contribution in [0.4, 0.5) is 0 Å². The monoisotopic (exact) mass is 259 g/mol. The van der Waals surface area contributed by atoms with E-state index < -0.39 is 0 Å². The van der Waals surface area contributed by atoms with Gasteiger partial charge in [-0.2, -0.15) is 0 Å². The van der Waals surface area contributed by atoms with Gasteiger partial charge in [0.25, 0.3) is 0 Å². The van der Waals surface area contributed by atoms with Gasteiger partial charge in [0.1, 0.15) is 0 Å². The second-order valence-corrected chi connectivity index (χ2v) is 4.85. The smallest absolute Gasteiger partial charge is 0.0453 e. The van der Waals surface area contributed by atoms with Crippen molar-refractivity contribution in [2.45, 2.75) is 38.1 Å². The van der Waals surface area contributed by atoms with Crippen molar-refractivity contribution < 1.29 is 0 Å². The molecule has 1 aliphatic rings. The highest BCUT2D eigenvalue weighted by atomic mass is 35.5. The summed E-state index contributed by atoms with van der Waals surface area (Å²) >= 11 is 6.16. The van der Waals surface area contributed by atoms with Gasteiger partial charge in [-0.25, -0.2) is 0 Å². The van der Waals surface area contributed by atoms with Crippen molar-refractivity contribution in [3.05, 3.63) is 34.9 Å². The van der Waals surface area contributed by atoms with Crippen molar-refractivity contribution >= 4 is 24.0 Å². The predicted octanol–water partition coefficient (Wildman–Crippen LogP) is 4.34. The lowest BCUT2D eigenvalue weighted by Crippen LogP contribution is -2.23. The third-order valence-electron chi connectivity index (χ3n) is 3.42. The van der Waals surface area contributed by atoms with Gasteiger partial charge in [0.05, 0.1) is 0 Å². The molecule has 90 valence electrons. The Balaban J connectivity index is 0.00000128. The molecular weight excluding hydrogens is 241 g/mol.